The Kier molecular flexibility index (Phi) is 3.69. The van der Waals surface area contributed by atoms with Crippen molar-refractivity contribution in [2.75, 3.05) is 0 Å². The third kappa shape index (κ3) is 2.67. The fourth-order valence-electron chi connectivity index (χ4n) is 2.54. The highest BCUT2D eigenvalue weighted by atomic mass is 16.5. The molecule has 5 nitrogen and oxygen atoms in total. The van der Waals surface area contributed by atoms with Gasteiger partial charge in [-0.15, -0.1) is 0 Å². The van der Waals surface area contributed by atoms with Gasteiger partial charge in [-0.2, -0.15) is 4.98 Å². The molecule has 0 saturated carbocycles. The van der Waals surface area contributed by atoms with Crippen LogP contribution in [-0.4, -0.2) is 10.1 Å². The number of hydrogen-bond acceptors (Lipinski definition) is 5. The van der Waals surface area contributed by atoms with Gasteiger partial charge in [0.15, 0.2) is 12.4 Å². The first-order valence-electron chi connectivity index (χ1n) is 7.09. The average molecular weight is 273 g/mol. The number of hydrogen-bond donors (Lipinski definition) is 1. The first-order valence-corrected chi connectivity index (χ1v) is 7.09. The van der Waals surface area contributed by atoms with E-state index in [1.807, 2.05) is 19.1 Å². The summed E-state index contributed by atoms with van der Waals surface area (Å²) in [5, 5.41) is 3.84. The normalized spacial score (nSPS) is 17.8. The molecule has 0 fully saturated rings. The quantitative estimate of drug-likeness (QED) is 0.926. The zero-order chi connectivity index (χ0) is 13.9. The summed E-state index contributed by atoms with van der Waals surface area (Å²) < 4.78 is 10.8. The average Bonchev–Trinajstić information content (AvgIpc) is 2.94. The Morgan fingerprint density at radius 1 is 1.45 bits per heavy atom. The van der Waals surface area contributed by atoms with E-state index in [2.05, 4.69) is 16.2 Å². The second-order valence-electron chi connectivity index (χ2n) is 5.11. The Balaban J connectivity index is 1.70. The molecule has 0 radical (unpaired) electrons. The summed E-state index contributed by atoms with van der Waals surface area (Å²) in [5.41, 5.74) is 8.69. The predicted molar refractivity (Wildman–Crippen MR) is 74.3 cm³/mol. The van der Waals surface area contributed by atoms with Crippen LogP contribution in [0.2, 0.25) is 0 Å². The molecule has 0 spiro atoms. The van der Waals surface area contributed by atoms with Crippen LogP contribution in [0.4, 0.5) is 0 Å². The molecule has 1 atom stereocenters. The maximum atomic E-state index is 6.15. The molecule has 0 saturated heterocycles. The van der Waals surface area contributed by atoms with Gasteiger partial charge in [0.1, 0.15) is 5.75 Å². The molecule has 1 heterocycles. The topological polar surface area (TPSA) is 74.2 Å². The van der Waals surface area contributed by atoms with Crippen molar-refractivity contribution in [3.63, 3.8) is 0 Å². The molecule has 0 aliphatic heterocycles. The van der Waals surface area contributed by atoms with E-state index in [4.69, 9.17) is 15.0 Å². The van der Waals surface area contributed by atoms with Gasteiger partial charge in [-0.3, -0.25) is 0 Å². The second kappa shape index (κ2) is 5.63. The standard InChI is InChI=1S/C15H19N3O2/c1-2-14-17-15(20-18-14)9-19-11-7-6-10-4-3-5-13(16)12(10)8-11/h6-8,13H,2-5,9,16H2,1H3. The van der Waals surface area contributed by atoms with Crippen LogP contribution in [0.15, 0.2) is 22.7 Å². The van der Waals surface area contributed by atoms with E-state index < -0.39 is 0 Å². The molecule has 1 unspecified atom stereocenters. The molecule has 2 N–H and O–H groups in total. The molecule has 1 aliphatic rings. The Morgan fingerprint density at radius 2 is 2.35 bits per heavy atom. The molecule has 20 heavy (non-hydrogen) atoms. The lowest BCUT2D eigenvalue weighted by Gasteiger charge is -2.22. The van der Waals surface area contributed by atoms with Crippen molar-refractivity contribution in [2.45, 2.75) is 45.3 Å². The molecule has 2 aromatic rings. The van der Waals surface area contributed by atoms with Crippen LogP contribution in [0, 0.1) is 0 Å². The van der Waals surface area contributed by atoms with Crippen molar-refractivity contribution in [1.82, 2.24) is 10.1 Å². The van der Waals surface area contributed by atoms with Gasteiger partial charge in [0.2, 0.25) is 0 Å². The summed E-state index contributed by atoms with van der Waals surface area (Å²) in [5.74, 6) is 2.01. The minimum absolute atomic E-state index is 0.123. The number of ether oxygens (including phenoxy) is 1. The van der Waals surface area contributed by atoms with Crippen LogP contribution in [0.1, 0.15) is 48.6 Å². The highest BCUT2D eigenvalue weighted by Gasteiger charge is 2.17. The summed E-state index contributed by atoms with van der Waals surface area (Å²) >= 11 is 0. The number of benzene rings is 1. The Hall–Kier alpha value is -1.88. The zero-order valence-electron chi connectivity index (χ0n) is 11.6. The predicted octanol–water partition coefficient (Wildman–Crippen LogP) is 2.55. The van der Waals surface area contributed by atoms with Crippen LogP contribution < -0.4 is 10.5 Å². The van der Waals surface area contributed by atoms with E-state index in [-0.39, 0.29) is 6.04 Å². The largest absolute Gasteiger partial charge is 0.484 e. The summed E-state index contributed by atoms with van der Waals surface area (Å²) in [6, 6.07) is 6.25. The van der Waals surface area contributed by atoms with Gasteiger partial charge in [0.25, 0.3) is 5.89 Å². The molecule has 1 aliphatic carbocycles. The van der Waals surface area contributed by atoms with Gasteiger partial charge < -0.3 is 15.0 Å². The number of nitrogens with two attached hydrogens (primary N) is 1. The SMILES string of the molecule is CCc1noc(COc2ccc3c(c2)C(N)CCC3)n1. The number of aryl methyl sites for hydroxylation is 2. The van der Waals surface area contributed by atoms with E-state index in [9.17, 15) is 0 Å². The van der Waals surface area contributed by atoms with E-state index in [0.29, 0.717) is 18.3 Å². The van der Waals surface area contributed by atoms with Gasteiger partial charge >= 0.3 is 0 Å². The van der Waals surface area contributed by atoms with Crippen molar-refractivity contribution >= 4 is 0 Å². The van der Waals surface area contributed by atoms with Crippen LogP contribution in [-0.2, 0) is 19.4 Å². The molecular weight excluding hydrogens is 254 g/mol. The third-order valence-electron chi connectivity index (χ3n) is 3.67. The third-order valence-corrected chi connectivity index (χ3v) is 3.67. The van der Waals surface area contributed by atoms with Crippen LogP contribution in [0.25, 0.3) is 0 Å². The monoisotopic (exact) mass is 273 g/mol. The Labute approximate surface area is 118 Å². The van der Waals surface area contributed by atoms with Crippen molar-refractivity contribution in [3.05, 3.63) is 41.0 Å². The van der Waals surface area contributed by atoms with Gasteiger partial charge in [-0.1, -0.05) is 18.1 Å². The molecule has 3 rings (SSSR count). The molecule has 1 aromatic heterocycles. The summed E-state index contributed by atoms with van der Waals surface area (Å²) in [6.07, 6.45) is 4.07. The summed E-state index contributed by atoms with van der Waals surface area (Å²) in [4.78, 5) is 4.22. The lowest BCUT2D eigenvalue weighted by Crippen LogP contribution is -2.17. The van der Waals surface area contributed by atoms with Crippen LogP contribution in [0.5, 0.6) is 5.75 Å². The van der Waals surface area contributed by atoms with Crippen molar-refractivity contribution in [2.24, 2.45) is 5.73 Å². The number of aromatic nitrogens is 2. The maximum absolute atomic E-state index is 6.15. The fraction of sp³-hybridized carbons (Fsp3) is 0.467. The van der Waals surface area contributed by atoms with E-state index in [1.165, 1.54) is 11.1 Å². The number of nitrogens with zero attached hydrogens (tertiary/aromatic N) is 2. The van der Waals surface area contributed by atoms with Crippen molar-refractivity contribution < 1.29 is 9.26 Å². The van der Waals surface area contributed by atoms with Crippen molar-refractivity contribution in [1.29, 1.82) is 0 Å². The molecule has 5 heteroatoms. The minimum Gasteiger partial charge on any atom is -0.484 e. The second-order valence-corrected chi connectivity index (χ2v) is 5.11. The van der Waals surface area contributed by atoms with Gasteiger partial charge in [-0.25, -0.2) is 0 Å². The molecular formula is C15H19N3O2. The first-order chi connectivity index (χ1) is 9.76. The van der Waals surface area contributed by atoms with Crippen molar-refractivity contribution in [3.8, 4) is 5.75 Å². The first kappa shape index (κ1) is 13.1. The lowest BCUT2D eigenvalue weighted by atomic mass is 9.88. The number of rotatable bonds is 4. The van der Waals surface area contributed by atoms with Gasteiger partial charge in [-0.05, 0) is 42.5 Å². The van der Waals surface area contributed by atoms with Gasteiger partial charge in [0, 0.05) is 12.5 Å². The highest BCUT2D eigenvalue weighted by molar-refractivity contribution is 5.39. The van der Waals surface area contributed by atoms with E-state index >= 15 is 0 Å². The molecule has 0 amide bonds. The summed E-state index contributed by atoms with van der Waals surface area (Å²) in [7, 11) is 0. The molecule has 0 bridgehead atoms. The molecule has 106 valence electrons. The van der Waals surface area contributed by atoms with Crippen LogP contribution in [0.3, 0.4) is 0 Å². The van der Waals surface area contributed by atoms with E-state index in [0.717, 1.165) is 31.4 Å². The summed E-state index contributed by atoms with van der Waals surface area (Å²) in [6.45, 7) is 2.28. The minimum atomic E-state index is 0.123. The number of fused-ring (bicyclic) bond motifs is 1. The Morgan fingerprint density at radius 3 is 3.15 bits per heavy atom. The Bertz CT molecular complexity index is 595. The fourth-order valence-corrected chi connectivity index (χ4v) is 2.54. The highest BCUT2D eigenvalue weighted by Crippen LogP contribution is 2.31. The smallest absolute Gasteiger partial charge is 0.264 e. The maximum Gasteiger partial charge on any atom is 0.264 e. The lowest BCUT2D eigenvalue weighted by molar-refractivity contribution is 0.242. The molecule has 1 aromatic carbocycles. The van der Waals surface area contributed by atoms with Gasteiger partial charge in [0.05, 0.1) is 0 Å². The zero-order valence-corrected chi connectivity index (χ0v) is 11.6. The van der Waals surface area contributed by atoms with Crippen LogP contribution >= 0.6 is 0 Å². The van der Waals surface area contributed by atoms with E-state index in [1.54, 1.807) is 0 Å².